The van der Waals surface area contributed by atoms with Crippen molar-refractivity contribution in [1.82, 2.24) is 0 Å². The van der Waals surface area contributed by atoms with Gasteiger partial charge in [-0.3, -0.25) is 10.1 Å². The molecular formula is C28H41NO7. The van der Waals surface area contributed by atoms with Crippen LogP contribution in [0.15, 0.2) is 49.1 Å². The smallest absolute Gasteiger partial charge is 0.463 e. The van der Waals surface area contributed by atoms with Gasteiger partial charge in [-0.2, -0.15) is 0 Å². The van der Waals surface area contributed by atoms with E-state index in [1.165, 1.54) is 30.3 Å². The third-order valence-corrected chi connectivity index (χ3v) is 5.63. The van der Waals surface area contributed by atoms with Gasteiger partial charge in [0.2, 0.25) is 0 Å². The summed E-state index contributed by atoms with van der Waals surface area (Å²) in [6.07, 6.45) is 17.5. The van der Waals surface area contributed by atoms with Crippen molar-refractivity contribution >= 4 is 17.8 Å². The van der Waals surface area contributed by atoms with Gasteiger partial charge in [0.25, 0.3) is 5.69 Å². The molecule has 1 rings (SSSR count). The summed E-state index contributed by atoms with van der Waals surface area (Å²) in [4.78, 5) is 33.4. The molecule has 0 N–H and O–H groups in total. The van der Waals surface area contributed by atoms with Gasteiger partial charge in [0.15, 0.2) is 0 Å². The SMILES string of the molecule is C=CC(=O)OCCCCCCCC/C=C\CC(CCCCCC)OC(=O)Oc1ccc([N+](=O)[O-])cc1. The molecule has 0 aliphatic heterocycles. The number of carbonyl (C=O) groups excluding carboxylic acids is 2. The Balaban J connectivity index is 2.30. The number of nitro groups is 1. The Morgan fingerprint density at radius 1 is 0.972 bits per heavy atom. The standard InChI is InChI=1S/C28H41NO7/c1-3-5-6-14-17-25(35-28(31)36-26-21-19-24(20-22-26)29(32)33)18-15-12-10-8-7-9-11-13-16-23-34-27(30)4-2/h4,12,15,19-22,25H,2-3,5-11,13-14,16-18,23H2,1H3/b15-12-. The van der Waals surface area contributed by atoms with Gasteiger partial charge in [0.05, 0.1) is 11.5 Å². The van der Waals surface area contributed by atoms with Gasteiger partial charge >= 0.3 is 12.1 Å². The molecule has 8 heteroatoms. The third-order valence-electron chi connectivity index (χ3n) is 5.63. The summed E-state index contributed by atoms with van der Waals surface area (Å²) < 4.78 is 15.7. The van der Waals surface area contributed by atoms with Gasteiger partial charge in [-0.05, 0) is 44.2 Å². The maximum absolute atomic E-state index is 12.2. The molecular weight excluding hydrogens is 462 g/mol. The molecule has 0 spiro atoms. The first kappa shape index (κ1) is 30.9. The second kappa shape index (κ2) is 20.1. The number of nitrogens with zero attached hydrogens (tertiary/aromatic N) is 1. The van der Waals surface area contributed by atoms with Gasteiger partial charge < -0.3 is 14.2 Å². The van der Waals surface area contributed by atoms with Crippen molar-refractivity contribution in [2.45, 2.75) is 96.5 Å². The van der Waals surface area contributed by atoms with E-state index in [0.29, 0.717) is 13.0 Å². The zero-order valence-corrected chi connectivity index (χ0v) is 21.5. The van der Waals surface area contributed by atoms with Crippen LogP contribution in [0.2, 0.25) is 0 Å². The van der Waals surface area contributed by atoms with E-state index in [-0.39, 0.29) is 23.5 Å². The molecule has 0 saturated carbocycles. The second-order valence-corrected chi connectivity index (χ2v) is 8.68. The van der Waals surface area contributed by atoms with Gasteiger partial charge in [-0.1, -0.05) is 70.6 Å². The van der Waals surface area contributed by atoms with Gasteiger partial charge in [-0.25, -0.2) is 9.59 Å². The summed E-state index contributed by atoms with van der Waals surface area (Å²) in [5.41, 5.74) is -0.0683. The average molecular weight is 504 g/mol. The molecule has 0 aliphatic rings. The molecule has 8 nitrogen and oxygen atoms in total. The van der Waals surface area contributed by atoms with E-state index in [0.717, 1.165) is 77.0 Å². The Labute approximate surface area is 214 Å². The van der Waals surface area contributed by atoms with E-state index in [1.54, 1.807) is 0 Å². The molecule has 1 aromatic rings. The molecule has 0 aliphatic carbocycles. The van der Waals surface area contributed by atoms with Crippen molar-refractivity contribution in [3.63, 3.8) is 0 Å². The molecule has 0 amide bonds. The summed E-state index contributed by atoms with van der Waals surface area (Å²) >= 11 is 0. The van der Waals surface area contributed by atoms with E-state index in [9.17, 15) is 19.7 Å². The number of unbranched alkanes of at least 4 members (excludes halogenated alkanes) is 9. The highest BCUT2D eigenvalue weighted by Gasteiger charge is 2.16. The normalized spacial score (nSPS) is 11.7. The van der Waals surface area contributed by atoms with E-state index in [1.807, 2.05) is 0 Å². The van der Waals surface area contributed by atoms with Crippen LogP contribution in [0.4, 0.5) is 10.5 Å². The lowest BCUT2D eigenvalue weighted by molar-refractivity contribution is -0.384. The Hall–Kier alpha value is -3.16. The van der Waals surface area contributed by atoms with Crippen LogP contribution in [0.25, 0.3) is 0 Å². The number of ether oxygens (including phenoxy) is 3. The molecule has 1 aromatic carbocycles. The van der Waals surface area contributed by atoms with Crippen LogP contribution in [-0.2, 0) is 14.3 Å². The van der Waals surface area contributed by atoms with Crippen LogP contribution in [0.3, 0.4) is 0 Å². The monoisotopic (exact) mass is 503 g/mol. The number of hydrogen-bond donors (Lipinski definition) is 0. The van der Waals surface area contributed by atoms with Crippen LogP contribution in [0.5, 0.6) is 5.75 Å². The third kappa shape index (κ3) is 15.7. The number of benzene rings is 1. The molecule has 0 saturated heterocycles. The fraction of sp³-hybridized carbons (Fsp3) is 0.571. The first-order valence-electron chi connectivity index (χ1n) is 13.0. The molecule has 1 atom stereocenters. The minimum Gasteiger partial charge on any atom is -0.463 e. The first-order valence-corrected chi connectivity index (χ1v) is 13.0. The van der Waals surface area contributed by atoms with Crippen LogP contribution < -0.4 is 4.74 Å². The lowest BCUT2D eigenvalue weighted by Gasteiger charge is -2.16. The van der Waals surface area contributed by atoms with Crippen molar-refractivity contribution < 1.29 is 28.7 Å². The summed E-state index contributed by atoms with van der Waals surface area (Å²) in [6, 6.07) is 5.34. The van der Waals surface area contributed by atoms with Crippen LogP contribution in [0, 0.1) is 10.1 Å². The summed E-state index contributed by atoms with van der Waals surface area (Å²) in [5.74, 6) is -0.152. The van der Waals surface area contributed by atoms with Crippen LogP contribution in [0.1, 0.15) is 90.4 Å². The number of hydrogen-bond acceptors (Lipinski definition) is 7. The number of carbonyl (C=O) groups is 2. The molecule has 0 fully saturated rings. The molecule has 1 unspecified atom stereocenters. The lowest BCUT2D eigenvalue weighted by atomic mass is 10.1. The lowest BCUT2D eigenvalue weighted by Crippen LogP contribution is -2.20. The van der Waals surface area contributed by atoms with Gasteiger partial charge in [-0.15, -0.1) is 0 Å². The predicted molar refractivity (Wildman–Crippen MR) is 140 cm³/mol. The highest BCUT2D eigenvalue weighted by Crippen LogP contribution is 2.19. The zero-order valence-electron chi connectivity index (χ0n) is 21.5. The van der Waals surface area contributed by atoms with Crippen LogP contribution in [-0.4, -0.2) is 29.8 Å². The first-order chi connectivity index (χ1) is 17.5. The highest BCUT2D eigenvalue weighted by molar-refractivity contribution is 5.81. The second-order valence-electron chi connectivity index (χ2n) is 8.68. The molecule has 0 aromatic heterocycles. The Morgan fingerprint density at radius 2 is 1.64 bits per heavy atom. The van der Waals surface area contributed by atoms with E-state index >= 15 is 0 Å². The average Bonchev–Trinajstić information content (AvgIpc) is 2.87. The van der Waals surface area contributed by atoms with Crippen molar-refractivity contribution in [2.75, 3.05) is 6.61 Å². The molecule has 0 radical (unpaired) electrons. The van der Waals surface area contributed by atoms with Crippen molar-refractivity contribution in [2.24, 2.45) is 0 Å². The maximum Gasteiger partial charge on any atom is 0.514 e. The van der Waals surface area contributed by atoms with Crippen LogP contribution >= 0.6 is 0 Å². The van der Waals surface area contributed by atoms with Crippen molar-refractivity contribution in [3.05, 3.63) is 59.2 Å². The molecule has 0 heterocycles. The summed E-state index contributed by atoms with van der Waals surface area (Å²) in [5, 5.41) is 10.8. The number of nitro benzene ring substituents is 1. The Bertz CT molecular complexity index is 805. The van der Waals surface area contributed by atoms with E-state index < -0.39 is 11.1 Å². The highest BCUT2D eigenvalue weighted by atomic mass is 16.7. The number of non-ortho nitro benzene ring substituents is 1. The minimum absolute atomic E-state index is 0.0683. The number of rotatable bonds is 20. The Morgan fingerprint density at radius 3 is 2.31 bits per heavy atom. The number of esters is 1. The zero-order chi connectivity index (χ0) is 26.4. The predicted octanol–water partition coefficient (Wildman–Crippen LogP) is 7.86. The molecule has 0 bridgehead atoms. The largest absolute Gasteiger partial charge is 0.514 e. The maximum atomic E-state index is 12.2. The fourth-order valence-electron chi connectivity index (χ4n) is 3.58. The minimum atomic E-state index is -0.794. The van der Waals surface area contributed by atoms with E-state index in [2.05, 4.69) is 25.7 Å². The van der Waals surface area contributed by atoms with Crippen molar-refractivity contribution in [1.29, 1.82) is 0 Å². The van der Waals surface area contributed by atoms with E-state index in [4.69, 9.17) is 14.2 Å². The summed E-state index contributed by atoms with van der Waals surface area (Å²) in [7, 11) is 0. The Kier molecular flexibility index (Phi) is 17.2. The fourth-order valence-corrected chi connectivity index (χ4v) is 3.58. The number of allylic oxidation sites excluding steroid dienone is 1. The van der Waals surface area contributed by atoms with Gasteiger partial charge in [0, 0.05) is 24.6 Å². The van der Waals surface area contributed by atoms with Gasteiger partial charge in [0.1, 0.15) is 11.9 Å². The quantitative estimate of drug-likeness (QED) is 0.0339. The molecule has 36 heavy (non-hydrogen) atoms. The molecule has 200 valence electrons. The topological polar surface area (TPSA) is 105 Å². The summed E-state index contributed by atoms with van der Waals surface area (Å²) in [6.45, 7) is 5.98. The van der Waals surface area contributed by atoms with Crippen molar-refractivity contribution in [3.8, 4) is 5.75 Å².